The molecule has 3 aromatic rings. The largest absolute Gasteiger partial charge is 0.497 e. The van der Waals surface area contributed by atoms with E-state index in [2.05, 4.69) is 0 Å². The first-order chi connectivity index (χ1) is 17.8. The molecule has 2 aromatic carbocycles. The molecule has 0 saturated carbocycles. The SMILES string of the molecule is COc1ccc(CN2C(=O)[C@@]3(SC2=S)C(c2ccco2)CN(C)[C@]32C(=O)N(C)c3ccc(F)cc32)cc1. The molecule has 3 atom stereocenters. The fourth-order valence-corrected chi connectivity index (χ4v) is 8.27. The van der Waals surface area contributed by atoms with Crippen LogP contribution in [0.1, 0.15) is 22.8 Å². The fraction of sp³-hybridized carbons (Fsp3) is 0.296. The van der Waals surface area contributed by atoms with Gasteiger partial charge in [0.15, 0.2) is 5.54 Å². The van der Waals surface area contributed by atoms with E-state index >= 15 is 0 Å². The van der Waals surface area contributed by atoms with E-state index < -0.39 is 22.0 Å². The summed E-state index contributed by atoms with van der Waals surface area (Å²) in [7, 11) is 5.06. The van der Waals surface area contributed by atoms with Crippen molar-refractivity contribution in [3.63, 3.8) is 0 Å². The molecule has 2 fully saturated rings. The van der Waals surface area contributed by atoms with Crippen molar-refractivity contribution in [1.82, 2.24) is 9.80 Å². The standard InChI is InChI=1S/C27H24FN3O4S2/c1-29-15-20(22-5-4-12-35-22)27(26(29)19-13-17(28)8-11-21(19)30(2)23(26)32)24(33)31(25(36)37-27)14-16-6-9-18(34-3)10-7-16/h4-13,20H,14-15H2,1-3H3/t20?,26-,27+/m1/s1. The van der Waals surface area contributed by atoms with Crippen molar-refractivity contribution in [3.05, 3.63) is 83.6 Å². The zero-order valence-electron chi connectivity index (χ0n) is 20.4. The van der Waals surface area contributed by atoms with Gasteiger partial charge in [-0.25, -0.2) is 4.39 Å². The Morgan fingerprint density at radius 3 is 2.57 bits per heavy atom. The molecule has 2 amide bonds. The number of hydrogen-bond acceptors (Lipinski definition) is 7. The normalized spacial score (nSPS) is 27.2. The van der Waals surface area contributed by atoms with Crippen LogP contribution in [-0.2, 0) is 21.7 Å². The molecule has 3 aliphatic rings. The summed E-state index contributed by atoms with van der Waals surface area (Å²) in [6, 6.07) is 15.3. The van der Waals surface area contributed by atoms with Gasteiger partial charge in [-0.1, -0.05) is 36.1 Å². The first kappa shape index (κ1) is 24.1. The Morgan fingerprint density at radius 2 is 1.89 bits per heavy atom. The predicted octanol–water partition coefficient (Wildman–Crippen LogP) is 4.13. The number of rotatable bonds is 4. The van der Waals surface area contributed by atoms with Crippen LogP contribution in [0.2, 0.25) is 0 Å². The van der Waals surface area contributed by atoms with Crippen LogP contribution in [0, 0.1) is 5.82 Å². The number of carbonyl (C=O) groups excluding carboxylic acids is 2. The van der Waals surface area contributed by atoms with Crippen LogP contribution in [-0.4, -0.2) is 58.4 Å². The molecule has 0 N–H and O–H groups in total. The third-order valence-corrected chi connectivity index (χ3v) is 9.74. The smallest absolute Gasteiger partial charge is 0.254 e. The van der Waals surface area contributed by atoms with E-state index in [1.165, 1.54) is 28.8 Å². The van der Waals surface area contributed by atoms with E-state index in [0.717, 1.165) is 5.56 Å². The first-order valence-corrected chi connectivity index (χ1v) is 13.0. The summed E-state index contributed by atoms with van der Waals surface area (Å²) in [6.45, 7) is 0.585. The van der Waals surface area contributed by atoms with Crippen molar-refractivity contribution in [2.45, 2.75) is 22.7 Å². The zero-order chi connectivity index (χ0) is 26.1. The van der Waals surface area contributed by atoms with E-state index in [-0.39, 0.29) is 18.4 Å². The van der Waals surface area contributed by atoms with Gasteiger partial charge >= 0.3 is 0 Å². The Kier molecular flexibility index (Phi) is 5.48. The minimum absolute atomic E-state index is 0.237. The van der Waals surface area contributed by atoms with Crippen LogP contribution < -0.4 is 9.64 Å². The summed E-state index contributed by atoms with van der Waals surface area (Å²) >= 11 is 7.01. The van der Waals surface area contributed by atoms with E-state index in [0.29, 0.717) is 33.6 Å². The topological polar surface area (TPSA) is 66.2 Å². The molecule has 3 aliphatic heterocycles. The summed E-state index contributed by atoms with van der Waals surface area (Å²) < 4.78 is 24.8. The van der Waals surface area contributed by atoms with Gasteiger partial charge in [0.2, 0.25) is 5.91 Å². The Labute approximate surface area is 223 Å². The molecule has 1 unspecified atom stereocenters. The van der Waals surface area contributed by atoms with Gasteiger partial charge in [-0.05, 0) is 55.1 Å². The van der Waals surface area contributed by atoms with Crippen LogP contribution >= 0.6 is 24.0 Å². The highest BCUT2D eigenvalue weighted by Crippen LogP contribution is 2.66. The van der Waals surface area contributed by atoms with E-state index in [1.807, 2.05) is 35.2 Å². The lowest BCUT2D eigenvalue weighted by atomic mass is 9.73. The lowest BCUT2D eigenvalue weighted by molar-refractivity contribution is -0.139. The summed E-state index contributed by atoms with van der Waals surface area (Å²) in [5.41, 5.74) is 0.430. The van der Waals surface area contributed by atoms with Crippen LogP contribution in [0.4, 0.5) is 10.1 Å². The Hall–Kier alpha value is -3.21. The van der Waals surface area contributed by atoms with Gasteiger partial charge in [0.05, 0.1) is 25.8 Å². The van der Waals surface area contributed by atoms with Crippen LogP contribution in [0.5, 0.6) is 5.75 Å². The summed E-state index contributed by atoms with van der Waals surface area (Å²) in [5.74, 6) is -0.270. The lowest BCUT2D eigenvalue weighted by Gasteiger charge is -2.41. The maximum Gasteiger partial charge on any atom is 0.254 e. The maximum atomic E-state index is 14.7. The highest BCUT2D eigenvalue weighted by molar-refractivity contribution is 8.25. The number of fused-ring (bicyclic) bond motifs is 3. The molecule has 2 saturated heterocycles. The highest BCUT2D eigenvalue weighted by atomic mass is 32.2. The van der Waals surface area contributed by atoms with Gasteiger partial charge in [-0.2, -0.15) is 0 Å². The molecule has 190 valence electrons. The number of nitrogens with zero attached hydrogens (tertiary/aromatic N) is 3. The number of thioether (sulfide) groups is 1. The van der Waals surface area contributed by atoms with Crippen molar-refractivity contribution in [3.8, 4) is 5.75 Å². The number of ether oxygens (including phenoxy) is 1. The van der Waals surface area contributed by atoms with Crippen molar-refractivity contribution < 1.29 is 23.1 Å². The van der Waals surface area contributed by atoms with Crippen molar-refractivity contribution in [2.24, 2.45) is 0 Å². The first-order valence-electron chi connectivity index (χ1n) is 11.8. The summed E-state index contributed by atoms with van der Waals surface area (Å²) in [5, 5.41) is 0. The van der Waals surface area contributed by atoms with E-state index in [4.69, 9.17) is 21.4 Å². The van der Waals surface area contributed by atoms with Gasteiger partial charge in [-0.3, -0.25) is 19.4 Å². The van der Waals surface area contributed by atoms with E-state index in [9.17, 15) is 14.0 Å². The monoisotopic (exact) mass is 537 g/mol. The molecule has 6 rings (SSSR count). The van der Waals surface area contributed by atoms with Crippen molar-refractivity contribution >= 4 is 45.8 Å². The number of benzene rings is 2. The molecular weight excluding hydrogens is 513 g/mol. The van der Waals surface area contributed by atoms with Gasteiger partial charge in [0.25, 0.3) is 5.91 Å². The number of hydrogen-bond donors (Lipinski definition) is 0. The average molecular weight is 538 g/mol. The molecule has 7 nitrogen and oxygen atoms in total. The molecule has 0 bridgehead atoms. The number of methoxy groups -OCH3 is 1. The molecule has 37 heavy (non-hydrogen) atoms. The molecule has 2 spiro atoms. The fourth-order valence-electron chi connectivity index (χ4n) is 6.16. The Balaban J connectivity index is 1.55. The third kappa shape index (κ3) is 3.06. The highest BCUT2D eigenvalue weighted by Gasteiger charge is 2.79. The van der Waals surface area contributed by atoms with Gasteiger partial charge in [0.1, 0.15) is 26.4 Å². The number of likely N-dealkylation sites (N-methyl/N-ethyl adjacent to an activating group) is 2. The molecule has 10 heteroatoms. The number of carbonyl (C=O) groups is 2. The number of furan rings is 1. The van der Waals surface area contributed by atoms with Gasteiger partial charge in [-0.15, -0.1) is 0 Å². The van der Waals surface area contributed by atoms with E-state index in [1.54, 1.807) is 44.5 Å². The third-order valence-electron chi connectivity index (χ3n) is 7.80. The molecule has 0 aliphatic carbocycles. The van der Waals surface area contributed by atoms with Crippen LogP contribution in [0.15, 0.2) is 65.3 Å². The Bertz CT molecular complexity index is 1430. The molecule has 1 aromatic heterocycles. The van der Waals surface area contributed by atoms with Crippen molar-refractivity contribution in [2.75, 3.05) is 32.6 Å². The van der Waals surface area contributed by atoms with Gasteiger partial charge in [0, 0.05) is 24.8 Å². The lowest BCUT2D eigenvalue weighted by Crippen LogP contribution is -2.62. The van der Waals surface area contributed by atoms with Crippen LogP contribution in [0.25, 0.3) is 0 Å². The number of amides is 2. The zero-order valence-corrected chi connectivity index (χ0v) is 22.1. The molecular formula is C27H24FN3O4S2. The molecule has 4 heterocycles. The molecule has 0 radical (unpaired) electrons. The second kappa shape index (κ2) is 8.41. The van der Waals surface area contributed by atoms with Crippen molar-refractivity contribution in [1.29, 1.82) is 0 Å². The number of halogens is 1. The minimum atomic E-state index is -1.48. The summed E-state index contributed by atoms with van der Waals surface area (Å²) in [6.07, 6.45) is 1.56. The second-order valence-electron chi connectivity index (χ2n) is 9.53. The maximum absolute atomic E-state index is 14.7. The van der Waals surface area contributed by atoms with Crippen LogP contribution in [0.3, 0.4) is 0 Å². The number of anilines is 1. The summed E-state index contributed by atoms with van der Waals surface area (Å²) in [4.78, 5) is 33.9. The average Bonchev–Trinajstić information content (AvgIpc) is 3.61. The Morgan fingerprint density at radius 1 is 1.14 bits per heavy atom. The number of thiocarbonyl (C=S) groups is 1. The van der Waals surface area contributed by atoms with Gasteiger partial charge < -0.3 is 14.1 Å². The second-order valence-corrected chi connectivity index (χ2v) is 11.4. The number of likely N-dealkylation sites (tertiary alicyclic amines) is 1. The minimum Gasteiger partial charge on any atom is -0.497 e. The quantitative estimate of drug-likeness (QED) is 0.464. The predicted molar refractivity (Wildman–Crippen MR) is 142 cm³/mol.